The molecular weight excluding hydrogens is 411 g/mol. The third-order valence-corrected chi connectivity index (χ3v) is 5.23. The van der Waals surface area contributed by atoms with Crippen LogP contribution in [0.2, 0.25) is 0 Å². The number of aromatic hydroxyl groups is 1. The molecule has 1 saturated heterocycles. The first-order chi connectivity index (χ1) is 15.2. The first-order valence-electron chi connectivity index (χ1n) is 10.6. The molecule has 2 heterocycles. The van der Waals surface area contributed by atoms with Crippen molar-refractivity contribution in [2.45, 2.75) is 33.2 Å². The quantitative estimate of drug-likeness (QED) is 0.592. The number of carbonyl (C=O) groups excluding carboxylic acids is 1. The van der Waals surface area contributed by atoms with Crippen LogP contribution in [-0.2, 0) is 4.74 Å². The lowest BCUT2D eigenvalue weighted by Gasteiger charge is -2.21. The Kier molecular flexibility index (Phi) is 5.86. The van der Waals surface area contributed by atoms with Gasteiger partial charge in [0.25, 0.3) is 0 Å². The Balaban J connectivity index is 0.00000204. The Morgan fingerprint density at radius 2 is 2.06 bits per heavy atom. The fourth-order valence-corrected chi connectivity index (χ4v) is 3.67. The molecule has 0 radical (unpaired) electrons. The zero-order valence-corrected chi connectivity index (χ0v) is 18.4. The van der Waals surface area contributed by atoms with Gasteiger partial charge in [-0.1, -0.05) is 32.9 Å². The molecule has 0 bridgehead atoms. The van der Waals surface area contributed by atoms with Crippen molar-refractivity contribution in [2.24, 2.45) is 5.41 Å². The number of anilines is 1. The number of amides is 1. The summed E-state index contributed by atoms with van der Waals surface area (Å²) in [5.74, 6) is 0.623. The molecule has 1 aliphatic rings. The maximum Gasteiger partial charge on any atom is 0.407 e. The summed E-state index contributed by atoms with van der Waals surface area (Å²) < 4.78 is 19.3. The maximum atomic E-state index is 14.0. The van der Waals surface area contributed by atoms with E-state index in [1.54, 1.807) is 30.3 Å². The minimum atomic E-state index is -0.444. The Labute approximate surface area is 189 Å². The summed E-state index contributed by atoms with van der Waals surface area (Å²) >= 11 is 0. The highest BCUT2D eigenvalue weighted by Crippen LogP contribution is 2.33. The van der Waals surface area contributed by atoms with Crippen LogP contribution < -0.4 is 10.2 Å². The van der Waals surface area contributed by atoms with Crippen LogP contribution in [0.5, 0.6) is 5.75 Å². The fraction of sp³-hybridized carbons (Fsp3) is 0.375. The van der Waals surface area contributed by atoms with Crippen molar-refractivity contribution in [3.05, 3.63) is 48.3 Å². The van der Waals surface area contributed by atoms with Crippen LogP contribution >= 0.6 is 0 Å². The number of fused-ring (bicyclic) bond motifs is 1. The van der Waals surface area contributed by atoms with E-state index in [-0.39, 0.29) is 25.9 Å². The number of nitrogens with one attached hydrogen (secondary N) is 1. The van der Waals surface area contributed by atoms with Gasteiger partial charge in [-0.15, -0.1) is 0 Å². The number of nitrogens with zero attached hydrogens (tertiary/aromatic N) is 3. The number of hydrogen-bond acceptors (Lipinski definition) is 6. The van der Waals surface area contributed by atoms with Crippen molar-refractivity contribution in [3.63, 3.8) is 0 Å². The van der Waals surface area contributed by atoms with Crippen molar-refractivity contribution in [3.8, 4) is 17.1 Å². The first kappa shape index (κ1) is 21.8. The van der Waals surface area contributed by atoms with E-state index in [4.69, 9.17) is 4.74 Å². The van der Waals surface area contributed by atoms with Gasteiger partial charge in [0.2, 0.25) is 0 Å². The highest BCUT2D eigenvalue weighted by Gasteiger charge is 2.28. The van der Waals surface area contributed by atoms with E-state index in [0.29, 0.717) is 54.2 Å². The molecule has 1 fully saturated rings. The number of halogens is 1. The Morgan fingerprint density at radius 1 is 1.28 bits per heavy atom. The van der Waals surface area contributed by atoms with Gasteiger partial charge in [-0.25, -0.2) is 19.2 Å². The predicted octanol–water partition coefficient (Wildman–Crippen LogP) is 4.98. The molecule has 0 spiro atoms. The Hall–Kier alpha value is -3.42. The average Bonchev–Trinajstić information content (AvgIpc) is 3.19. The summed E-state index contributed by atoms with van der Waals surface area (Å²) in [7, 11) is 0. The van der Waals surface area contributed by atoms with Crippen molar-refractivity contribution < 1.29 is 21.9 Å². The topological polar surface area (TPSA) is 87.6 Å². The molecule has 4 rings (SSSR count). The second-order valence-corrected chi connectivity index (χ2v) is 9.26. The van der Waals surface area contributed by atoms with E-state index in [0.717, 1.165) is 0 Å². The van der Waals surface area contributed by atoms with Crippen LogP contribution in [0, 0.1) is 11.2 Å². The molecule has 0 unspecified atom stereocenters. The van der Waals surface area contributed by atoms with E-state index in [9.17, 15) is 14.3 Å². The second kappa shape index (κ2) is 8.61. The highest BCUT2D eigenvalue weighted by atomic mass is 19.1. The Bertz CT molecular complexity index is 1160. The lowest BCUT2D eigenvalue weighted by Crippen LogP contribution is -2.38. The molecule has 2 N–H and O–H groups in total. The summed E-state index contributed by atoms with van der Waals surface area (Å²) in [5.41, 5.74) is 0.970. The lowest BCUT2D eigenvalue weighted by atomic mass is 9.99. The molecular formula is C24H31FN4O3. The molecule has 1 atom stereocenters. The van der Waals surface area contributed by atoms with E-state index >= 15 is 0 Å². The highest BCUT2D eigenvalue weighted by molar-refractivity contribution is 5.91. The van der Waals surface area contributed by atoms with E-state index in [1.165, 1.54) is 12.1 Å². The number of rotatable bonds is 4. The Morgan fingerprint density at radius 3 is 2.81 bits per heavy atom. The first-order valence-corrected chi connectivity index (χ1v) is 10.6. The predicted molar refractivity (Wildman–Crippen MR) is 125 cm³/mol. The van der Waals surface area contributed by atoms with Crippen LogP contribution in [-0.4, -0.2) is 46.9 Å². The van der Waals surface area contributed by atoms with Gasteiger partial charge < -0.3 is 20.1 Å². The molecule has 0 aliphatic carbocycles. The molecule has 3 aromatic rings. The van der Waals surface area contributed by atoms with E-state index in [2.05, 4.69) is 15.3 Å². The average molecular weight is 443 g/mol. The smallest absolute Gasteiger partial charge is 0.407 e. The largest absolute Gasteiger partial charge is 0.507 e. The van der Waals surface area contributed by atoms with E-state index < -0.39 is 6.09 Å². The van der Waals surface area contributed by atoms with Crippen LogP contribution in [0.3, 0.4) is 0 Å². The molecule has 1 amide bonds. The van der Waals surface area contributed by atoms with Crippen molar-refractivity contribution in [1.82, 2.24) is 15.3 Å². The summed E-state index contributed by atoms with van der Waals surface area (Å²) in [6.45, 7) is 7.46. The normalized spacial score (nSPS) is 16.4. The standard InChI is InChI=1S/C24H27FN4O3.2H2/c1-24(2,3)14-32-23(31)26-16-10-11-29(13-16)22-18-12-15(25)8-9-19(18)27-21(28-22)17-6-4-5-7-20(17)30;;/h4-9,12,16,30H,10-11,13-14H2,1-3H3,(H,26,31);2*1H/t16-;;/m1../s1. The van der Waals surface area contributed by atoms with Crippen LogP contribution in [0.1, 0.15) is 30.0 Å². The maximum absolute atomic E-state index is 14.0. The molecule has 1 aliphatic heterocycles. The van der Waals surface area contributed by atoms with Gasteiger partial charge in [0.1, 0.15) is 17.4 Å². The third kappa shape index (κ3) is 4.90. The van der Waals surface area contributed by atoms with Gasteiger partial charge in [-0.05, 0) is 42.2 Å². The summed E-state index contributed by atoms with van der Waals surface area (Å²) in [6.07, 6.45) is 0.262. The van der Waals surface area contributed by atoms with Crippen molar-refractivity contribution in [2.75, 3.05) is 24.6 Å². The van der Waals surface area contributed by atoms with Gasteiger partial charge in [0.05, 0.1) is 23.7 Å². The SMILES string of the molecule is CC(C)(C)COC(=O)N[C@@H]1CCN(c2nc(-c3ccccc3O)nc3ccc(F)cc23)C1.[HH].[HH]. The molecule has 0 saturated carbocycles. The zero-order valence-electron chi connectivity index (χ0n) is 18.4. The summed E-state index contributed by atoms with van der Waals surface area (Å²) in [5, 5.41) is 13.8. The number of hydrogen-bond donors (Lipinski definition) is 2. The minimum Gasteiger partial charge on any atom is -0.507 e. The molecule has 172 valence electrons. The lowest BCUT2D eigenvalue weighted by molar-refractivity contribution is 0.104. The van der Waals surface area contributed by atoms with Crippen molar-refractivity contribution >= 4 is 22.8 Å². The molecule has 32 heavy (non-hydrogen) atoms. The molecule has 8 heteroatoms. The van der Waals surface area contributed by atoms with Gasteiger partial charge in [0, 0.05) is 21.3 Å². The number of para-hydroxylation sites is 1. The minimum absolute atomic E-state index is 0. The molecule has 7 nitrogen and oxygen atoms in total. The monoisotopic (exact) mass is 442 g/mol. The number of aromatic nitrogens is 2. The summed E-state index contributed by atoms with van der Waals surface area (Å²) in [6, 6.07) is 11.1. The molecule has 1 aromatic heterocycles. The number of carbonyl (C=O) groups is 1. The number of benzene rings is 2. The third-order valence-electron chi connectivity index (χ3n) is 5.23. The van der Waals surface area contributed by atoms with Gasteiger partial charge in [0.15, 0.2) is 5.82 Å². The van der Waals surface area contributed by atoms with Gasteiger partial charge in [-0.2, -0.15) is 0 Å². The van der Waals surface area contributed by atoms with Crippen LogP contribution in [0.25, 0.3) is 22.3 Å². The van der Waals surface area contributed by atoms with Crippen LogP contribution in [0.15, 0.2) is 42.5 Å². The van der Waals surface area contributed by atoms with Gasteiger partial charge >= 0.3 is 6.09 Å². The fourth-order valence-electron chi connectivity index (χ4n) is 3.67. The number of ether oxygens (including phenoxy) is 1. The summed E-state index contributed by atoms with van der Waals surface area (Å²) in [4.78, 5) is 23.4. The zero-order chi connectivity index (χ0) is 22.9. The number of phenolic OH excluding ortho intramolecular Hbond substituents is 1. The van der Waals surface area contributed by atoms with Gasteiger partial charge in [-0.3, -0.25) is 0 Å². The number of alkyl carbamates (subject to hydrolysis) is 1. The van der Waals surface area contributed by atoms with Crippen molar-refractivity contribution in [1.29, 1.82) is 0 Å². The molecule has 2 aromatic carbocycles. The second-order valence-electron chi connectivity index (χ2n) is 9.26. The van der Waals surface area contributed by atoms with Crippen LogP contribution in [0.4, 0.5) is 15.0 Å². The van der Waals surface area contributed by atoms with E-state index in [1.807, 2.05) is 25.7 Å². The number of phenols is 1.